The normalized spacial score (nSPS) is 18.5. The van der Waals surface area contributed by atoms with E-state index in [9.17, 15) is 4.79 Å². The van der Waals surface area contributed by atoms with Crippen LogP contribution in [-0.4, -0.2) is 29.6 Å². The molecule has 1 aromatic carbocycles. The number of aromatic nitrogens is 1. The molecule has 1 unspecified atom stereocenters. The number of carbonyl (C=O) groups is 1. The zero-order chi connectivity index (χ0) is 21.6. The number of amides is 1. The van der Waals surface area contributed by atoms with Gasteiger partial charge < -0.3 is 15.4 Å². The summed E-state index contributed by atoms with van der Waals surface area (Å²) >= 11 is 0. The predicted octanol–water partition coefficient (Wildman–Crippen LogP) is 4.44. The molecule has 2 aliphatic rings. The third-order valence-electron chi connectivity index (χ3n) is 6.41. The van der Waals surface area contributed by atoms with Gasteiger partial charge in [-0.25, -0.2) is 4.98 Å². The van der Waals surface area contributed by atoms with Crippen molar-refractivity contribution in [1.29, 1.82) is 0 Å². The van der Waals surface area contributed by atoms with Crippen molar-refractivity contribution < 1.29 is 9.53 Å². The van der Waals surface area contributed by atoms with Crippen LogP contribution in [0.4, 0.5) is 0 Å². The number of rotatable bonds is 11. The quantitative estimate of drug-likeness (QED) is 0.563. The summed E-state index contributed by atoms with van der Waals surface area (Å²) in [5.41, 5.74) is 4.46. The Hall–Kier alpha value is -2.40. The molecule has 0 bridgehead atoms. The van der Waals surface area contributed by atoms with Gasteiger partial charge in [0, 0.05) is 18.6 Å². The molecule has 0 aliphatic heterocycles. The monoisotopic (exact) mass is 421 g/mol. The second kappa shape index (κ2) is 10.3. The van der Waals surface area contributed by atoms with E-state index in [0.29, 0.717) is 17.7 Å². The fourth-order valence-corrected chi connectivity index (χ4v) is 4.30. The lowest BCUT2D eigenvalue weighted by Gasteiger charge is -2.16. The van der Waals surface area contributed by atoms with Crippen molar-refractivity contribution >= 4 is 5.91 Å². The van der Waals surface area contributed by atoms with Crippen molar-refractivity contribution in [2.75, 3.05) is 6.61 Å². The minimum Gasteiger partial charge on any atom is -0.492 e. The zero-order valence-electron chi connectivity index (χ0n) is 18.8. The lowest BCUT2D eigenvalue weighted by Crippen LogP contribution is -2.35. The van der Waals surface area contributed by atoms with E-state index in [1.165, 1.54) is 42.4 Å². The minimum atomic E-state index is -0.112. The van der Waals surface area contributed by atoms with E-state index < -0.39 is 0 Å². The third-order valence-corrected chi connectivity index (χ3v) is 6.41. The highest BCUT2D eigenvalue weighted by Gasteiger charge is 2.24. The van der Waals surface area contributed by atoms with Gasteiger partial charge in [-0.05, 0) is 73.3 Å². The fourth-order valence-electron chi connectivity index (χ4n) is 4.30. The molecule has 1 fully saturated rings. The highest BCUT2D eigenvalue weighted by Crippen LogP contribution is 2.29. The molecule has 2 aliphatic carbocycles. The Labute approximate surface area is 186 Å². The van der Waals surface area contributed by atoms with E-state index in [-0.39, 0.29) is 11.9 Å². The Morgan fingerprint density at radius 3 is 2.71 bits per heavy atom. The van der Waals surface area contributed by atoms with E-state index in [2.05, 4.69) is 47.7 Å². The smallest absolute Gasteiger partial charge is 0.270 e. The van der Waals surface area contributed by atoms with Gasteiger partial charge in [0.2, 0.25) is 0 Å². The predicted molar refractivity (Wildman–Crippen MR) is 123 cm³/mol. The van der Waals surface area contributed by atoms with Gasteiger partial charge in [0.05, 0.1) is 12.8 Å². The van der Waals surface area contributed by atoms with Crippen LogP contribution in [0.3, 0.4) is 0 Å². The summed E-state index contributed by atoms with van der Waals surface area (Å²) in [4.78, 5) is 17.0. The lowest BCUT2D eigenvalue weighted by molar-refractivity contribution is 0.0933. The van der Waals surface area contributed by atoms with Gasteiger partial charge in [0.25, 0.3) is 5.91 Å². The van der Waals surface area contributed by atoms with Crippen LogP contribution in [0.1, 0.15) is 73.1 Å². The number of hydrogen-bond acceptors (Lipinski definition) is 4. The van der Waals surface area contributed by atoms with Crippen molar-refractivity contribution in [2.24, 2.45) is 5.92 Å². The molecule has 1 saturated carbocycles. The van der Waals surface area contributed by atoms with Crippen molar-refractivity contribution in [3.63, 3.8) is 0 Å². The summed E-state index contributed by atoms with van der Waals surface area (Å²) in [5, 5.41) is 6.84. The molecule has 0 spiro atoms. The molecule has 2 atom stereocenters. The molecular formula is C26H35N3O2. The number of ether oxygens (including phenoxy) is 1. The van der Waals surface area contributed by atoms with Gasteiger partial charge in [-0.2, -0.15) is 0 Å². The summed E-state index contributed by atoms with van der Waals surface area (Å²) in [5.74, 6) is 1.33. The van der Waals surface area contributed by atoms with E-state index in [0.717, 1.165) is 38.2 Å². The second-order valence-electron chi connectivity index (χ2n) is 9.09. The average Bonchev–Trinajstić information content (AvgIpc) is 3.53. The molecule has 1 heterocycles. The first-order chi connectivity index (χ1) is 15.1. The molecular weight excluding hydrogens is 386 g/mol. The second-order valence-corrected chi connectivity index (χ2v) is 9.09. The van der Waals surface area contributed by atoms with Crippen molar-refractivity contribution in [3.05, 3.63) is 58.9 Å². The van der Waals surface area contributed by atoms with Crippen molar-refractivity contribution in [2.45, 2.75) is 77.4 Å². The summed E-state index contributed by atoms with van der Waals surface area (Å²) in [6.45, 7) is 6.14. The zero-order valence-corrected chi connectivity index (χ0v) is 18.8. The molecule has 2 aromatic rings. The summed E-state index contributed by atoms with van der Waals surface area (Å²) < 4.78 is 5.71. The van der Waals surface area contributed by atoms with E-state index in [4.69, 9.17) is 4.74 Å². The van der Waals surface area contributed by atoms with E-state index in [1.807, 2.05) is 6.07 Å². The first-order valence-electron chi connectivity index (χ1n) is 11.9. The van der Waals surface area contributed by atoms with Gasteiger partial charge in [-0.1, -0.05) is 38.5 Å². The van der Waals surface area contributed by atoms with Crippen LogP contribution in [0, 0.1) is 5.92 Å². The Morgan fingerprint density at radius 2 is 2.00 bits per heavy atom. The van der Waals surface area contributed by atoms with Gasteiger partial charge in [-0.15, -0.1) is 0 Å². The van der Waals surface area contributed by atoms with Crippen molar-refractivity contribution in [3.8, 4) is 5.75 Å². The van der Waals surface area contributed by atoms with Crippen LogP contribution < -0.4 is 15.4 Å². The van der Waals surface area contributed by atoms with Gasteiger partial charge in [0.1, 0.15) is 11.4 Å². The largest absolute Gasteiger partial charge is 0.492 e. The van der Waals surface area contributed by atoms with Gasteiger partial charge in [0.15, 0.2) is 0 Å². The Balaban J connectivity index is 1.28. The van der Waals surface area contributed by atoms with Gasteiger partial charge in [-0.3, -0.25) is 4.79 Å². The Kier molecular flexibility index (Phi) is 7.23. The maximum atomic E-state index is 12.7. The molecule has 5 nitrogen and oxygen atoms in total. The third kappa shape index (κ3) is 6.07. The summed E-state index contributed by atoms with van der Waals surface area (Å²) in [7, 11) is 0. The van der Waals surface area contributed by atoms with Crippen LogP contribution in [0.15, 0.2) is 36.5 Å². The summed E-state index contributed by atoms with van der Waals surface area (Å²) in [6, 6.07) is 11.1. The van der Waals surface area contributed by atoms with E-state index >= 15 is 0 Å². The summed E-state index contributed by atoms with van der Waals surface area (Å²) in [6.07, 6.45) is 9.52. The topological polar surface area (TPSA) is 63.2 Å². The molecule has 5 heteroatoms. The minimum absolute atomic E-state index is 0.112. The molecule has 1 aromatic heterocycles. The van der Waals surface area contributed by atoms with Crippen LogP contribution in [-0.2, 0) is 19.4 Å². The first-order valence-corrected chi connectivity index (χ1v) is 11.9. The lowest BCUT2D eigenvalue weighted by atomic mass is 10.1. The number of pyridine rings is 1. The van der Waals surface area contributed by atoms with Gasteiger partial charge >= 0.3 is 0 Å². The molecule has 0 radical (unpaired) electrons. The van der Waals surface area contributed by atoms with Crippen LogP contribution in [0.2, 0.25) is 0 Å². The number of nitrogens with one attached hydrogen (secondary N) is 2. The Bertz CT molecular complexity index is 877. The van der Waals surface area contributed by atoms with Crippen LogP contribution in [0.5, 0.6) is 5.75 Å². The fraction of sp³-hybridized carbons (Fsp3) is 0.538. The average molecular weight is 422 g/mol. The Morgan fingerprint density at radius 1 is 1.16 bits per heavy atom. The highest BCUT2D eigenvalue weighted by molar-refractivity contribution is 5.92. The van der Waals surface area contributed by atoms with Crippen molar-refractivity contribution in [1.82, 2.24) is 15.6 Å². The number of carbonyl (C=O) groups excluding carboxylic acids is 1. The maximum absolute atomic E-state index is 12.7. The van der Waals surface area contributed by atoms with E-state index in [1.54, 1.807) is 12.3 Å². The number of hydrogen-bond donors (Lipinski definition) is 2. The SMILES string of the molecule is CCCC(CC)NCc1ccc2c(c1)C[C@H](NC(=O)c1ccc(OCC3CC3)cn1)C2. The number of fused-ring (bicyclic) bond motifs is 1. The highest BCUT2D eigenvalue weighted by atomic mass is 16.5. The maximum Gasteiger partial charge on any atom is 0.270 e. The molecule has 4 rings (SSSR count). The molecule has 2 N–H and O–H groups in total. The standard InChI is InChI=1S/C26H35N3O2/c1-3-5-22(4-2)27-15-19-8-9-20-13-23(14-21(20)12-19)29-26(30)25-11-10-24(16-28-25)31-17-18-6-7-18/h8-12,16,18,22-23,27H,3-7,13-15,17H2,1-2H3,(H,29,30)/t22?,23-/m1/s1. The first kappa shape index (κ1) is 21.8. The van der Waals surface area contributed by atoms with Crippen LogP contribution in [0.25, 0.3) is 0 Å². The molecule has 1 amide bonds. The number of nitrogens with zero attached hydrogens (tertiary/aromatic N) is 1. The molecule has 31 heavy (non-hydrogen) atoms. The molecule has 0 saturated heterocycles. The molecule has 166 valence electrons. The number of benzene rings is 1. The van der Waals surface area contributed by atoms with Crippen LogP contribution >= 0.6 is 0 Å².